The van der Waals surface area contributed by atoms with E-state index in [2.05, 4.69) is 0 Å². The van der Waals surface area contributed by atoms with Crippen LogP contribution in [0.2, 0.25) is 0 Å². The summed E-state index contributed by atoms with van der Waals surface area (Å²) in [5.74, 6) is -4.22. The first kappa shape index (κ1) is 15.1. The molecule has 19 heavy (non-hydrogen) atoms. The molecule has 0 saturated heterocycles. The van der Waals surface area contributed by atoms with E-state index in [-0.39, 0.29) is 0 Å². The van der Waals surface area contributed by atoms with E-state index < -0.39 is 45.1 Å². The third-order valence-electron chi connectivity index (χ3n) is 2.10. The van der Waals surface area contributed by atoms with Gasteiger partial charge >= 0.3 is 11.9 Å². The molecular formula is C10H10FNO6S. The minimum atomic E-state index is -4.45. The minimum absolute atomic E-state index is 0.744. The quantitative estimate of drug-likeness (QED) is 0.680. The van der Waals surface area contributed by atoms with Crippen molar-refractivity contribution in [3.63, 3.8) is 0 Å². The summed E-state index contributed by atoms with van der Waals surface area (Å²) < 4.78 is 38.4. The Bertz CT molecular complexity index is 600. The highest BCUT2D eigenvalue weighted by Gasteiger charge is 2.28. The van der Waals surface area contributed by atoms with Gasteiger partial charge < -0.3 is 10.2 Å². The summed E-state index contributed by atoms with van der Waals surface area (Å²) in [6, 6.07) is 2.48. The lowest BCUT2D eigenvalue weighted by Gasteiger charge is -2.13. The Labute approximate surface area is 107 Å². The highest BCUT2D eigenvalue weighted by molar-refractivity contribution is 7.89. The molecule has 104 valence electrons. The van der Waals surface area contributed by atoms with Gasteiger partial charge in [-0.2, -0.15) is 4.72 Å². The summed E-state index contributed by atoms with van der Waals surface area (Å²) >= 11 is 0. The Morgan fingerprint density at radius 2 is 1.84 bits per heavy atom. The molecule has 9 heteroatoms. The van der Waals surface area contributed by atoms with Crippen LogP contribution >= 0.6 is 0 Å². The number of halogens is 1. The normalized spacial score (nSPS) is 12.9. The van der Waals surface area contributed by atoms with Crippen molar-refractivity contribution in [2.75, 3.05) is 0 Å². The SMILES string of the molecule is O=C(O)C[C@H](NS(=O)(=O)c1ccccc1F)C(=O)O. The molecule has 0 bridgehead atoms. The van der Waals surface area contributed by atoms with Crippen LogP contribution < -0.4 is 4.72 Å². The first-order chi connectivity index (χ1) is 8.74. The molecule has 0 fully saturated rings. The van der Waals surface area contributed by atoms with Crippen molar-refractivity contribution in [3.05, 3.63) is 30.1 Å². The second kappa shape index (κ2) is 5.76. The Morgan fingerprint density at radius 1 is 1.26 bits per heavy atom. The van der Waals surface area contributed by atoms with Crippen LogP contribution in [-0.2, 0) is 19.6 Å². The van der Waals surface area contributed by atoms with Gasteiger partial charge in [-0.05, 0) is 12.1 Å². The van der Waals surface area contributed by atoms with Gasteiger partial charge in [-0.25, -0.2) is 12.8 Å². The van der Waals surface area contributed by atoms with Gasteiger partial charge in [-0.1, -0.05) is 12.1 Å². The van der Waals surface area contributed by atoms with Crippen LogP contribution in [0.25, 0.3) is 0 Å². The Morgan fingerprint density at radius 3 is 2.32 bits per heavy atom. The van der Waals surface area contributed by atoms with E-state index >= 15 is 0 Å². The lowest BCUT2D eigenvalue weighted by Crippen LogP contribution is -2.42. The standard InChI is InChI=1S/C10H10FNO6S/c11-6-3-1-2-4-8(6)19(17,18)12-7(10(15)16)5-9(13)14/h1-4,7,12H,5H2,(H,13,14)(H,15,16)/t7-/m0/s1. The monoisotopic (exact) mass is 291 g/mol. The number of aliphatic carboxylic acids is 2. The second-order valence-corrected chi connectivity index (χ2v) is 5.22. The average Bonchev–Trinajstić information content (AvgIpc) is 2.27. The van der Waals surface area contributed by atoms with E-state index in [1.54, 1.807) is 4.72 Å². The molecule has 0 spiro atoms. The number of nitrogens with one attached hydrogen (secondary N) is 1. The van der Waals surface area contributed by atoms with Gasteiger partial charge in [0.25, 0.3) is 0 Å². The van der Waals surface area contributed by atoms with Gasteiger partial charge in [0.05, 0.1) is 6.42 Å². The number of hydrogen-bond acceptors (Lipinski definition) is 4. The molecule has 7 nitrogen and oxygen atoms in total. The van der Waals surface area contributed by atoms with Crippen LogP contribution in [0.4, 0.5) is 4.39 Å². The first-order valence-electron chi connectivity index (χ1n) is 4.95. The number of rotatable bonds is 6. The highest BCUT2D eigenvalue weighted by atomic mass is 32.2. The minimum Gasteiger partial charge on any atom is -0.481 e. The number of sulfonamides is 1. The smallest absolute Gasteiger partial charge is 0.322 e. The molecule has 0 aliphatic rings. The van der Waals surface area contributed by atoms with Crippen LogP contribution in [0, 0.1) is 5.82 Å². The van der Waals surface area contributed by atoms with Gasteiger partial charge in [0.15, 0.2) is 0 Å². The van der Waals surface area contributed by atoms with Crippen molar-refractivity contribution in [1.82, 2.24) is 4.72 Å². The van der Waals surface area contributed by atoms with Gasteiger partial charge in [0, 0.05) is 0 Å². The van der Waals surface area contributed by atoms with Crippen molar-refractivity contribution in [2.45, 2.75) is 17.4 Å². The number of benzene rings is 1. The van der Waals surface area contributed by atoms with Crippen LogP contribution in [0.5, 0.6) is 0 Å². The maximum Gasteiger partial charge on any atom is 0.322 e. The second-order valence-electron chi connectivity index (χ2n) is 3.54. The molecule has 0 aromatic heterocycles. The molecule has 0 heterocycles. The van der Waals surface area contributed by atoms with Gasteiger partial charge in [0.2, 0.25) is 10.0 Å². The average molecular weight is 291 g/mol. The zero-order valence-corrected chi connectivity index (χ0v) is 10.2. The van der Waals surface area contributed by atoms with Crippen molar-refractivity contribution in [2.24, 2.45) is 0 Å². The molecule has 0 aliphatic carbocycles. The Kier molecular flexibility index (Phi) is 4.57. The maximum absolute atomic E-state index is 13.3. The third-order valence-corrected chi connectivity index (χ3v) is 3.61. The van der Waals surface area contributed by atoms with Gasteiger partial charge in [0.1, 0.15) is 16.8 Å². The molecule has 1 aromatic rings. The molecule has 0 aliphatic heterocycles. The predicted octanol–water partition coefficient (Wildman–Crippen LogP) is 0.0319. The van der Waals surface area contributed by atoms with Crippen molar-refractivity contribution in [1.29, 1.82) is 0 Å². The van der Waals surface area contributed by atoms with Gasteiger partial charge in [-0.3, -0.25) is 9.59 Å². The van der Waals surface area contributed by atoms with Crippen molar-refractivity contribution in [3.8, 4) is 0 Å². The Balaban J connectivity index is 3.04. The Hall–Kier alpha value is -2.00. The van der Waals surface area contributed by atoms with E-state index in [4.69, 9.17) is 10.2 Å². The van der Waals surface area contributed by atoms with Crippen LogP contribution in [0.1, 0.15) is 6.42 Å². The molecule has 1 aromatic carbocycles. The highest BCUT2D eigenvalue weighted by Crippen LogP contribution is 2.14. The molecule has 0 unspecified atom stereocenters. The fourth-order valence-electron chi connectivity index (χ4n) is 1.27. The van der Waals surface area contributed by atoms with E-state index in [0.29, 0.717) is 0 Å². The number of carboxylic acid groups (broad SMARTS) is 2. The van der Waals surface area contributed by atoms with Gasteiger partial charge in [-0.15, -0.1) is 0 Å². The molecular weight excluding hydrogens is 281 g/mol. The molecule has 0 amide bonds. The fraction of sp³-hybridized carbons (Fsp3) is 0.200. The number of carbonyl (C=O) groups is 2. The van der Waals surface area contributed by atoms with Crippen molar-refractivity contribution >= 4 is 22.0 Å². The third kappa shape index (κ3) is 4.00. The summed E-state index contributed by atoms with van der Waals surface area (Å²) in [5.41, 5.74) is 0. The number of carboxylic acids is 2. The lowest BCUT2D eigenvalue weighted by atomic mass is 10.2. The zero-order valence-electron chi connectivity index (χ0n) is 9.41. The summed E-state index contributed by atoms with van der Waals surface area (Å²) in [6.07, 6.45) is -0.955. The molecule has 0 saturated carbocycles. The van der Waals surface area contributed by atoms with Crippen molar-refractivity contribution < 1.29 is 32.6 Å². The predicted molar refractivity (Wildman–Crippen MR) is 60.4 cm³/mol. The van der Waals surface area contributed by atoms with Crippen LogP contribution in [0.3, 0.4) is 0 Å². The van der Waals surface area contributed by atoms with E-state index in [0.717, 1.165) is 12.1 Å². The topological polar surface area (TPSA) is 121 Å². The summed E-state index contributed by atoms with van der Waals surface area (Å²) in [4.78, 5) is 20.4. The summed E-state index contributed by atoms with van der Waals surface area (Å²) in [7, 11) is -4.45. The van der Waals surface area contributed by atoms with Crippen LogP contribution in [-0.4, -0.2) is 36.6 Å². The first-order valence-corrected chi connectivity index (χ1v) is 6.44. The van der Waals surface area contributed by atoms with Crippen LogP contribution in [0.15, 0.2) is 29.2 Å². The lowest BCUT2D eigenvalue weighted by molar-refractivity contribution is -0.145. The largest absolute Gasteiger partial charge is 0.481 e. The summed E-state index contributed by atoms with van der Waals surface area (Å²) in [6.45, 7) is 0. The zero-order chi connectivity index (χ0) is 14.6. The number of hydrogen-bond donors (Lipinski definition) is 3. The fourth-order valence-corrected chi connectivity index (χ4v) is 2.54. The molecule has 3 N–H and O–H groups in total. The van der Waals surface area contributed by atoms with E-state index in [1.165, 1.54) is 12.1 Å². The molecule has 1 atom stereocenters. The molecule has 1 rings (SSSR count). The van der Waals surface area contributed by atoms with E-state index in [9.17, 15) is 22.4 Å². The summed E-state index contributed by atoms with van der Waals surface area (Å²) in [5, 5.41) is 17.2. The molecule has 0 radical (unpaired) electrons. The maximum atomic E-state index is 13.3. The van der Waals surface area contributed by atoms with E-state index in [1.807, 2.05) is 0 Å².